The molecule has 0 spiro atoms. The minimum absolute atomic E-state index is 0.0599. The maximum atomic E-state index is 11.8. The van der Waals surface area contributed by atoms with Crippen molar-refractivity contribution in [2.75, 3.05) is 19.7 Å². The van der Waals surface area contributed by atoms with E-state index in [1.807, 2.05) is 29.2 Å². The van der Waals surface area contributed by atoms with Crippen LogP contribution in [-0.4, -0.2) is 35.5 Å². The first-order chi connectivity index (χ1) is 9.15. The number of nitrogens with zero attached hydrogens (tertiary/aromatic N) is 1. The molecule has 1 fully saturated rings. The van der Waals surface area contributed by atoms with E-state index in [1.54, 1.807) is 0 Å². The van der Waals surface area contributed by atoms with E-state index in [0.717, 1.165) is 31.5 Å². The van der Waals surface area contributed by atoms with E-state index in [4.69, 9.17) is 22.7 Å². The van der Waals surface area contributed by atoms with Crippen LogP contribution in [0.2, 0.25) is 0 Å². The van der Waals surface area contributed by atoms with Crippen LogP contribution in [0, 0.1) is 0 Å². The van der Waals surface area contributed by atoms with E-state index in [2.05, 4.69) is 0 Å². The molecule has 1 aliphatic heterocycles. The fourth-order valence-electron chi connectivity index (χ4n) is 2.11. The molecular weight excluding hydrogens is 260 g/mol. The van der Waals surface area contributed by atoms with Crippen LogP contribution in [0.1, 0.15) is 18.4 Å². The highest BCUT2D eigenvalue weighted by atomic mass is 32.1. The molecule has 5 heteroatoms. The van der Waals surface area contributed by atoms with Gasteiger partial charge in [-0.15, -0.1) is 0 Å². The monoisotopic (exact) mass is 278 g/mol. The van der Waals surface area contributed by atoms with Gasteiger partial charge in [-0.3, -0.25) is 4.79 Å². The predicted octanol–water partition coefficient (Wildman–Crippen LogP) is 1.52. The first-order valence-corrected chi connectivity index (χ1v) is 6.84. The molecule has 1 aromatic rings. The number of hydrogen-bond donors (Lipinski definition) is 1. The van der Waals surface area contributed by atoms with Gasteiger partial charge >= 0.3 is 0 Å². The third-order valence-electron chi connectivity index (χ3n) is 3.12. The molecule has 1 heterocycles. The molecular formula is C14H18N2O2S. The Morgan fingerprint density at radius 3 is 2.47 bits per heavy atom. The van der Waals surface area contributed by atoms with Gasteiger partial charge in [0.1, 0.15) is 5.75 Å². The summed E-state index contributed by atoms with van der Waals surface area (Å²) in [5, 5.41) is 0. The van der Waals surface area contributed by atoms with Crippen molar-refractivity contribution < 1.29 is 9.53 Å². The summed E-state index contributed by atoms with van der Waals surface area (Å²) in [7, 11) is 0. The van der Waals surface area contributed by atoms with Crippen molar-refractivity contribution in [2.45, 2.75) is 19.3 Å². The average molecular weight is 278 g/mol. The molecule has 0 bridgehead atoms. The van der Waals surface area contributed by atoms with Crippen molar-refractivity contribution in [3.05, 3.63) is 29.8 Å². The summed E-state index contributed by atoms with van der Waals surface area (Å²) < 4.78 is 5.48. The average Bonchev–Trinajstić information content (AvgIpc) is 2.91. The van der Waals surface area contributed by atoms with Crippen LogP contribution in [0.5, 0.6) is 5.75 Å². The Bertz CT molecular complexity index is 453. The number of benzene rings is 1. The van der Waals surface area contributed by atoms with Gasteiger partial charge < -0.3 is 15.4 Å². The van der Waals surface area contributed by atoms with E-state index in [9.17, 15) is 4.79 Å². The van der Waals surface area contributed by atoms with Gasteiger partial charge in [0.2, 0.25) is 0 Å². The summed E-state index contributed by atoms with van der Waals surface area (Å²) >= 11 is 4.85. The lowest BCUT2D eigenvalue weighted by Crippen LogP contribution is -2.32. The van der Waals surface area contributed by atoms with Gasteiger partial charge in [0.15, 0.2) is 6.61 Å². The number of thiocarbonyl (C=S) groups is 1. The smallest absolute Gasteiger partial charge is 0.260 e. The van der Waals surface area contributed by atoms with E-state index >= 15 is 0 Å². The number of hydrogen-bond acceptors (Lipinski definition) is 3. The van der Waals surface area contributed by atoms with Gasteiger partial charge in [0, 0.05) is 19.5 Å². The third kappa shape index (κ3) is 4.21. The van der Waals surface area contributed by atoms with E-state index < -0.39 is 0 Å². The number of amides is 1. The maximum absolute atomic E-state index is 11.8. The second-order valence-electron chi connectivity index (χ2n) is 4.66. The van der Waals surface area contributed by atoms with Gasteiger partial charge in [-0.1, -0.05) is 24.4 Å². The normalized spacial score (nSPS) is 14.4. The second-order valence-corrected chi connectivity index (χ2v) is 5.19. The molecule has 1 aliphatic rings. The van der Waals surface area contributed by atoms with Crippen LogP contribution < -0.4 is 10.5 Å². The highest BCUT2D eigenvalue weighted by Gasteiger charge is 2.17. The summed E-state index contributed by atoms with van der Waals surface area (Å²) in [5.41, 5.74) is 6.53. The lowest BCUT2D eigenvalue weighted by atomic mass is 10.1. The second kappa shape index (κ2) is 6.52. The molecule has 102 valence electrons. The summed E-state index contributed by atoms with van der Waals surface area (Å²) in [6.45, 7) is 1.82. The molecule has 0 saturated carbocycles. The van der Waals surface area contributed by atoms with Crippen LogP contribution in [-0.2, 0) is 11.2 Å². The molecule has 2 N–H and O–H groups in total. The van der Waals surface area contributed by atoms with E-state index in [-0.39, 0.29) is 12.5 Å². The third-order valence-corrected chi connectivity index (χ3v) is 3.27. The molecule has 0 atom stereocenters. The molecule has 0 aliphatic carbocycles. The quantitative estimate of drug-likeness (QED) is 0.830. The molecule has 2 rings (SSSR count). The van der Waals surface area contributed by atoms with Crippen molar-refractivity contribution in [2.24, 2.45) is 5.73 Å². The van der Waals surface area contributed by atoms with Crippen molar-refractivity contribution >= 4 is 23.1 Å². The number of carbonyl (C=O) groups is 1. The summed E-state index contributed by atoms with van der Waals surface area (Å²) in [5.74, 6) is 0.754. The van der Waals surface area contributed by atoms with Gasteiger partial charge in [0.25, 0.3) is 5.91 Å². The largest absolute Gasteiger partial charge is 0.484 e. The zero-order valence-electron chi connectivity index (χ0n) is 10.8. The molecule has 4 nitrogen and oxygen atoms in total. The lowest BCUT2D eigenvalue weighted by molar-refractivity contribution is -0.132. The van der Waals surface area contributed by atoms with Gasteiger partial charge in [-0.2, -0.15) is 0 Å². The number of likely N-dealkylation sites (tertiary alicyclic amines) is 1. The number of rotatable bonds is 5. The van der Waals surface area contributed by atoms with E-state index in [0.29, 0.717) is 17.2 Å². The fraction of sp³-hybridized carbons (Fsp3) is 0.429. The molecule has 1 aromatic carbocycles. The Hall–Kier alpha value is -1.62. The van der Waals surface area contributed by atoms with Crippen molar-refractivity contribution in [3.8, 4) is 5.75 Å². The van der Waals surface area contributed by atoms with Gasteiger partial charge in [-0.25, -0.2) is 0 Å². The molecule has 0 aromatic heterocycles. The van der Waals surface area contributed by atoms with Gasteiger partial charge in [-0.05, 0) is 30.5 Å². The molecule has 1 saturated heterocycles. The zero-order valence-corrected chi connectivity index (χ0v) is 11.6. The minimum atomic E-state index is 0.0599. The van der Waals surface area contributed by atoms with Crippen molar-refractivity contribution in [3.63, 3.8) is 0 Å². The topological polar surface area (TPSA) is 55.6 Å². The molecule has 0 radical (unpaired) electrons. The van der Waals surface area contributed by atoms with Crippen LogP contribution >= 0.6 is 12.2 Å². The zero-order chi connectivity index (χ0) is 13.7. The fourth-order valence-corrected chi connectivity index (χ4v) is 2.27. The highest BCUT2D eigenvalue weighted by molar-refractivity contribution is 7.80. The summed E-state index contributed by atoms with van der Waals surface area (Å²) in [4.78, 5) is 14.1. The van der Waals surface area contributed by atoms with Crippen molar-refractivity contribution in [1.82, 2.24) is 4.90 Å². The van der Waals surface area contributed by atoms with Crippen LogP contribution in [0.4, 0.5) is 0 Å². The Kier molecular flexibility index (Phi) is 4.74. The SMILES string of the molecule is NC(=S)Cc1ccc(OCC(=O)N2CCCC2)cc1. The predicted molar refractivity (Wildman–Crippen MR) is 78.2 cm³/mol. The number of nitrogens with two attached hydrogens (primary N) is 1. The highest BCUT2D eigenvalue weighted by Crippen LogP contribution is 2.14. The Balaban J connectivity index is 1.82. The first-order valence-electron chi connectivity index (χ1n) is 6.43. The van der Waals surface area contributed by atoms with Crippen LogP contribution in [0.25, 0.3) is 0 Å². The van der Waals surface area contributed by atoms with Crippen LogP contribution in [0.15, 0.2) is 24.3 Å². The summed E-state index contributed by atoms with van der Waals surface area (Å²) in [6.07, 6.45) is 2.78. The molecule has 1 amide bonds. The number of ether oxygens (including phenoxy) is 1. The molecule has 0 unspecified atom stereocenters. The first kappa shape index (κ1) is 13.8. The summed E-state index contributed by atoms with van der Waals surface area (Å²) in [6, 6.07) is 7.50. The Morgan fingerprint density at radius 1 is 1.26 bits per heavy atom. The number of carbonyl (C=O) groups excluding carboxylic acids is 1. The minimum Gasteiger partial charge on any atom is -0.484 e. The Morgan fingerprint density at radius 2 is 1.89 bits per heavy atom. The van der Waals surface area contributed by atoms with E-state index in [1.165, 1.54) is 0 Å². The van der Waals surface area contributed by atoms with Crippen molar-refractivity contribution in [1.29, 1.82) is 0 Å². The van der Waals surface area contributed by atoms with Crippen LogP contribution in [0.3, 0.4) is 0 Å². The lowest BCUT2D eigenvalue weighted by Gasteiger charge is -2.15. The Labute approximate surface area is 118 Å². The molecule has 19 heavy (non-hydrogen) atoms. The van der Waals surface area contributed by atoms with Gasteiger partial charge in [0.05, 0.1) is 4.99 Å². The standard InChI is InChI=1S/C14H18N2O2S/c15-13(19)9-11-3-5-12(6-4-11)18-10-14(17)16-7-1-2-8-16/h3-6H,1-2,7-10H2,(H2,15,19). The maximum Gasteiger partial charge on any atom is 0.260 e.